The van der Waals surface area contributed by atoms with Crippen molar-refractivity contribution in [2.24, 2.45) is 5.92 Å². The maximum absolute atomic E-state index is 3.00. The molecule has 1 fully saturated rings. The number of nitrogens with zero attached hydrogens (tertiary/aromatic N) is 4. The van der Waals surface area contributed by atoms with Crippen molar-refractivity contribution in [3.8, 4) is 0 Å². The predicted octanol–water partition coefficient (Wildman–Crippen LogP) is 10.7. The predicted molar refractivity (Wildman–Crippen MR) is 293 cm³/mol. The molecule has 0 saturated heterocycles. The van der Waals surface area contributed by atoms with E-state index in [2.05, 4.69) is 213 Å². The Morgan fingerprint density at radius 1 is 0.522 bits per heavy atom. The summed E-state index contributed by atoms with van der Waals surface area (Å²) in [5.41, 5.74) is 21.7. The van der Waals surface area contributed by atoms with Crippen molar-refractivity contribution in [2.45, 2.75) is 98.7 Å². The first-order valence-electron chi connectivity index (χ1n) is 25.6. The standard InChI is InChI=1S/C63H64N4P2/c1-39-40(2)54-36-55-41(3)42(4)56-37-57-44(6)46(8)60-58(59-45(7)43(5)52-35-53(39)65(54)61-62(66(55)56)63(61,67(57)60)38-64(52)59)47(23-21-33-68(48-25-13-9-14-26-48)49-27-15-10-16-28-49)24-22-34-69(50-29-17-11-18-30-50)51-31-19-12-20-32-51/h9-20,25-32,35-37,47,61-62H,21-24,33-34,38H2,1-8H3/q+2. The molecule has 6 aliphatic heterocycles. The van der Waals surface area contributed by atoms with Crippen LogP contribution in [-0.4, -0.2) is 54.1 Å². The summed E-state index contributed by atoms with van der Waals surface area (Å²) in [5, 5.41) is 8.76. The molecule has 4 aromatic carbocycles. The molecule has 2 aromatic heterocycles. The van der Waals surface area contributed by atoms with Gasteiger partial charge in [-0.2, -0.15) is 9.15 Å². The van der Waals surface area contributed by atoms with Crippen molar-refractivity contribution in [3.05, 3.63) is 205 Å². The Bertz CT molecular complexity index is 3340. The summed E-state index contributed by atoms with van der Waals surface area (Å²) >= 11 is 0. The summed E-state index contributed by atoms with van der Waals surface area (Å²) in [6, 6.07) is 46.3. The summed E-state index contributed by atoms with van der Waals surface area (Å²) in [7, 11) is -1.00. The second-order valence-electron chi connectivity index (χ2n) is 21.0. The fourth-order valence-corrected chi connectivity index (χ4v) is 18.6. The molecule has 4 nitrogen and oxygen atoms in total. The lowest BCUT2D eigenvalue weighted by atomic mass is 9.82. The Kier molecular flexibility index (Phi) is 10.2. The maximum Gasteiger partial charge on any atom is 0.272 e. The Balaban J connectivity index is 1.02. The number of aromatic nitrogens is 2. The molecule has 6 aromatic rings. The zero-order valence-electron chi connectivity index (χ0n) is 41.6. The molecule has 1 saturated carbocycles. The van der Waals surface area contributed by atoms with Crippen LogP contribution in [0.15, 0.2) is 161 Å². The van der Waals surface area contributed by atoms with E-state index in [0.29, 0.717) is 18.0 Å². The lowest BCUT2D eigenvalue weighted by Crippen LogP contribution is -2.44. The fourth-order valence-electron chi connectivity index (χ4n) is 13.9. The quantitative estimate of drug-likeness (QED) is 0.0810. The minimum atomic E-state index is -0.501. The lowest BCUT2D eigenvalue weighted by molar-refractivity contribution is -0.589. The van der Waals surface area contributed by atoms with E-state index in [-0.39, 0.29) is 5.54 Å². The number of allylic oxidation sites excluding steroid dienone is 5. The van der Waals surface area contributed by atoms with E-state index in [1.54, 1.807) is 5.57 Å². The molecule has 3 atom stereocenters. The molecule has 69 heavy (non-hydrogen) atoms. The SMILES string of the molecule is CC1=C(C)C2=[N+]3C1=Cc1c(C)c(C)c4n1C1C5n6c(c(C)c(C)c6=C4)=CC4=[N+](CC153)C(=C2C(CCCP(c1ccccc1)c1ccccc1)CCCP(c1ccccc1)c1ccccc1)C(C)=C4C. The third-order valence-corrected chi connectivity index (χ3v) is 23.0. The van der Waals surface area contributed by atoms with E-state index in [0.717, 1.165) is 19.4 Å². The van der Waals surface area contributed by atoms with Crippen LogP contribution in [0.5, 0.6) is 0 Å². The largest absolute Gasteiger partial charge is 0.328 e. The van der Waals surface area contributed by atoms with Crippen molar-refractivity contribution in [1.29, 1.82) is 0 Å². The van der Waals surface area contributed by atoms with E-state index < -0.39 is 15.8 Å². The van der Waals surface area contributed by atoms with E-state index in [4.69, 9.17) is 0 Å². The first-order valence-corrected chi connectivity index (χ1v) is 28.7. The zero-order chi connectivity index (χ0) is 47.0. The highest BCUT2D eigenvalue weighted by molar-refractivity contribution is 7.73. The van der Waals surface area contributed by atoms with Crippen molar-refractivity contribution in [1.82, 2.24) is 9.13 Å². The number of rotatable bonds is 13. The van der Waals surface area contributed by atoms with Gasteiger partial charge in [0, 0.05) is 45.5 Å². The number of hydrogen-bond donors (Lipinski definition) is 0. The number of benzene rings is 4. The molecule has 2 bridgehead atoms. The van der Waals surface area contributed by atoms with Crippen LogP contribution in [0.4, 0.5) is 0 Å². The third-order valence-electron chi connectivity index (χ3n) is 17.8. The molecule has 1 aliphatic carbocycles. The molecule has 7 aliphatic rings. The van der Waals surface area contributed by atoms with Gasteiger partial charge < -0.3 is 9.13 Å². The minimum absolute atomic E-state index is 0.167. The summed E-state index contributed by atoms with van der Waals surface area (Å²) < 4.78 is 11.6. The van der Waals surface area contributed by atoms with Gasteiger partial charge in [0.1, 0.15) is 12.1 Å². The van der Waals surface area contributed by atoms with Crippen LogP contribution in [-0.2, 0) is 0 Å². The van der Waals surface area contributed by atoms with E-state index >= 15 is 0 Å². The van der Waals surface area contributed by atoms with Crippen molar-refractivity contribution < 1.29 is 9.15 Å². The lowest BCUT2D eigenvalue weighted by Gasteiger charge is -2.24. The van der Waals surface area contributed by atoms with Gasteiger partial charge >= 0.3 is 0 Å². The Labute approximate surface area is 411 Å². The second-order valence-corrected chi connectivity index (χ2v) is 25.7. The van der Waals surface area contributed by atoms with Gasteiger partial charge in [-0.3, -0.25) is 0 Å². The van der Waals surface area contributed by atoms with Crippen LogP contribution >= 0.6 is 15.8 Å². The third kappa shape index (κ3) is 6.20. The average molecular weight is 939 g/mol. The molecule has 8 heterocycles. The molecule has 1 spiro atoms. The molecular weight excluding hydrogens is 875 g/mol. The summed E-state index contributed by atoms with van der Waals surface area (Å²) in [6.45, 7) is 20.4. The molecule has 3 unspecified atom stereocenters. The van der Waals surface area contributed by atoms with Gasteiger partial charge in [0.2, 0.25) is 29.4 Å². The molecule has 6 heteroatoms. The molecule has 13 rings (SSSR count). The van der Waals surface area contributed by atoms with Gasteiger partial charge in [0.25, 0.3) is 5.54 Å². The van der Waals surface area contributed by atoms with Gasteiger partial charge in [0.05, 0.1) is 16.6 Å². The van der Waals surface area contributed by atoms with Gasteiger partial charge in [-0.15, -0.1) is 0 Å². The van der Waals surface area contributed by atoms with E-state index in [9.17, 15) is 0 Å². The van der Waals surface area contributed by atoms with E-state index in [1.807, 2.05) is 0 Å². The Hall–Kier alpha value is -5.66. The van der Waals surface area contributed by atoms with Crippen LogP contribution < -0.4 is 31.9 Å². The van der Waals surface area contributed by atoms with Crippen LogP contribution in [0, 0.1) is 33.6 Å². The van der Waals surface area contributed by atoms with Crippen LogP contribution in [0.25, 0.3) is 18.2 Å². The smallest absolute Gasteiger partial charge is 0.272 e. The highest BCUT2D eigenvalue weighted by atomic mass is 31.1. The zero-order valence-corrected chi connectivity index (χ0v) is 43.4. The van der Waals surface area contributed by atoms with Gasteiger partial charge in [-0.05, 0) is 165 Å². The first-order chi connectivity index (χ1) is 33.6. The summed E-state index contributed by atoms with van der Waals surface area (Å²) in [4.78, 5) is 0. The minimum Gasteiger partial charge on any atom is -0.328 e. The molecule has 0 radical (unpaired) electrons. The van der Waals surface area contributed by atoms with Crippen LogP contribution in [0.2, 0.25) is 0 Å². The Morgan fingerprint density at radius 3 is 1.49 bits per heavy atom. The summed E-state index contributed by atoms with van der Waals surface area (Å²) in [6.07, 6.45) is 14.9. The normalized spacial score (nSPS) is 21.2. The van der Waals surface area contributed by atoms with Gasteiger partial charge in [-0.25, -0.2) is 0 Å². The van der Waals surface area contributed by atoms with E-state index in [1.165, 1.54) is 136 Å². The Morgan fingerprint density at radius 2 is 0.986 bits per heavy atom. The van der Waals surface area contributed by atoms with Crippen molar-refractivity contribution >= 4 is 66.7 Å². The monoisotopic (exact) mass is 938 g/mol. The van der Waals surface area contributed by atoms with Crippen LogP contribution in [0.1, 0.15) is 99.1 Å². The van der Waals surface area contributed by atoms with Crippen LogP contribution in [0.3, 0.4) is 0 Å². The first kappa shape index (κ1) is 43.4. The second kappa shape index (κ2) is 16.2. The molecular formula is C63H64N4P2+2. The van der Waals surface area contributed by atoms with Crippen molar-refractivity contribution in [2.75, 3.05) is 18.9 Å². The molecule has 0 N–H and O–H groups in total. The molecule has 344 valence electrons. The average Bonchev–Trinajstić information content (AvgIpc) is 3.80. The van der Waals surface area contributed by atoms with Gasteiger partial charge in [0.15, 0.2) is 0 Å². The van der Waals surface area contributed by atoms with Crippen molar-refractivity contribution in [3.63, 3.8) is 0 Å². The highest BCUT2D eigenvalue weighted by Gasteiger charge is 2.83. The summed E-state index contributed by atoms with van der Waals surface area (Å²) in [5.74, 6) is 0.376. The van der Waals surface area contributed by atoms with Gasteiger partial charge in [-0.1, -0.05) is 121 Å². The molecule has 0 amide bonds. The topological polar surface area (TPSA) is 15.9 Å². The highest BCUT2D eigenvalue weighted by Crippen LogP contribution is 2.67. The fraction of sp³-hybridized carbons (Fsp3) is 0.302. The maximum atomic E-state index is 3.00. The number of hydrogen-bond acceptors (Lipinski definition) is 0.